The molecule has 160 valence electrons. The van der Waals surface area contributed by atoms with Crippen molar-refractivity contribution in [2.75, 3.05) is 18.6 Å². The number of carbonyl (C=O) groups excluding carboxylic acids is 1. The zero-order valence-corrected chi connectivity index (χ0v) is 19.2. The van der Waals surface area contributed by atoms with Crippen molar-refractivity contribution in [3.8, 4) is 11.1 Å². The Bertz CT molecular complexity index is 1330. The summed E-state index contributed by atoms with van der Waals surface area (Å²) in [6.45, 7) is 0.880. The molecule has 1 heterocycles. The molecule has 0 N–H and O–H groups in total. The lowest BCUT2D eigenvalue weighted by atomic mass is 9.94. The van der Waals surface area contributed by atoms with Crippen LogP contribution in [0.5, 0.6) is 0 Å². The second kappa shape index (κ2) is 8.40. The molecule has 0 aliphatic carbocycles. The van der Waals surface area contributed by atoms with E-state index in [0.29, 0.717) is 5.56 Å². The lowest BCUT2D eigenvalue weighted by molar-refractivity contribution is 0.0601. The third-order valence-electron chi connectivity index (χ3n) is 5.98. The molecule has 4 aromatic rings. The molecule has 0 radical (unpaired) electrons. The number of fused-ring (bicyclic) bond motifs is 2. The Morgan fingerprint density at radius 3 is 2.53 bits per heavy atom. The van der Waals surface area contributed by atoms with Crippen LogP contribution in [0.25, 0.3) is 21.9 Å². The van der Waals surface area contributed by atoms with Gasteiger partial charge in [-0.1, -0.05) is 34.1 Å². The van der Waals surface area contributed by atoms with Crippen LogP contribution in [0.4, 0.5) is 15.8 Å². The average molecular weight is 490 g/mol. The van der Waals surface area contributed by atoms with Gasteiger partial charge in [0.05, 0.1) is 12.7 Å². The maximum absolute atomic E-state index is 13.6. The minimum Gasteiger partial charge on any atom is -0.465 e. The van der Waals surface area contributed by atoms with Crippen molar-refractivity contribution >= 4 is 44.0 Å². The van der Waals surface area contributed by atoms with Gasteiger partial charge in [-0.05, 0) is 89.3 Å². The van der Waals surface area contributed by atoms with Gasteiger partial charge >= 0.3 is 5.97 Å². The van der Waals surface area contributed by atoms with Crippen molar-refractivity contribution in [1.82, 2.24) is 0 Å². The highest BCUT2D eigenvalue weighted by Crippen LogP contribution is 2.42. The van der Waals surface area contributed by atoms with Crippen molar-refractivity contribution in [3.63, 3.8) is 0 Å². The number of hydrogen-bond acceptors (Lipinski definition) is 3. The SMILES string of the molecule is COC(=O)c1ccc2cc(-c3ccc(F)cc3)c(N3CCCc4cc(Br)ccc43)cc2c1. The van der Waals surface area contributed by atoms with Crippen LogP contribution in [-0.4, -0.2) is 19.6 Å². The Balaban J connectivity index is 1.74. The third-order valence-corrected chi connectivity index (χ3v) is 6.48. The summed E-state index contributed by atoms with van der Waals surface area (Å²) in [6.07, 6.45) is 2.06. The Morgan fingerprint density at radius 2 is 1.75 bits per heavy atom. The fourth-order valence-electron chi connectivity index (χ4n) is 4.43. The Morgan fingerprint density at radius 1 is 0.938 bits per heavy atom. The van der Waals surface area contributed by atoms with Gasteiger partial charge in [0.25, 0.3) is 0 Å². The second-order valence-electron chi connectivity index (χ2n) is 7.96. The first-order valence-electron chi connectivity index (χ1n) is 10.5. The van der Waals surface area contributed by atoms with E-state index in [4.69, 9.17) is 4.74 Å². The van der Waals surface area contributed by atoms with E-state index in [1.807, 2.05) is 24.3 Å². The molecular formula is C27H21BrFNO2. The number of ether oxygens (including phenoxy) is 1. The van der Waals surface area contributed by atoms with E-state index in [1.165, 1.54) is 30.5 Å². The number of rotatable bonds is 3. The number of anilines is 2. The maximum atomic E-state index is 13.6. The quantitative estimate of drug-likeness (QED) is 0.283. The molecule has 0 unspecified atom stereocenters. The van der Waals surface area contributed by atoms with E-state index in [0.717, 1.165) is 51.4 Å². The summed E-state index contributed by atoms with van der Waals surface area (Å²) in [5, 5.41) is 1.96. The van der Waals surface area contributed by atoms with E-state index in [-0.39, 0.29) is 11.8 Å². The van der Waals surface area contributed by atoms with Crippen LogP contribution < -0.4 is 4.90 Å². The summed E-state index contributed by atoms with van der Waals surface area (Å²) in [7, 11) is 1.39. The van der Waals surface area contributed by atoms with Gasteiger partial charge in [-0.3, -0.25) is 0 Å². The molecule has 0 saturated heterocycles. The Labute approximate surface area is 194 Å². The second-order valence-corrected chi connectivity index (χ2v) is 8.87. The molecule has 5 rings (SSSR count). The van der Waals surface area contributed by atoms with Gasteiger partial charge in [-0.15, -0.1) is 0 Å². The van der Waals surface area contributed by atoms with E-state index < -0.39 is 0 Å². The van der Waals surface area contributed by atoms with Gasteiger partial charge in [0.2, 0.25) is 0 Å². The summed E-state index contributed by atoms with van der Waals surface area (Å²) < 4.78 is 19.6. The van der Waals surface area contributed by atoms with Crippen LogP contribution in [0.2, 0.25) is 0 Å². The molecule has 0 amide bonds. The number of aryl methyl sites for hydroxylation is 1. The van der Waals surface area contributed by atoms with Crippen LogP contribution in [0.1, 0.15) is 22.3 Å². The molecule has 0 aromatic heterocycles. The maximum Gasteiger partial charge on any atom is 0.337 e. The predicted molar refractivity (Wildman–Crippen MR) is 130 cm³/mol. The van der Waals surface area contributed by atoms with E-state index >= 15 is 0 Å². The number of esters is 1. The van der Waals surface area contributed by atoms with Gasteiger partial charge in [-0.2, -0.15) is 0 Å². The number of benzene rings is 4. The zero-order valence-electron chi connectivity index (χ0n) is 17.6. The van der Waals surface area contributed by atoms with Crippen LogP contribution in [0.15, 0.2) is 77.3 Å². The highest BCUT2D eigenvalue weighted by molar-refractivity contribution is 9.10. The molecule has 0 atom stereocenters. The van der Waals surface area contributed by atoms with Gasteiger partial charge in [0, 0.05) is 28.0 Å². The zero-order chi connectivity index (χ0) is 22.2. The molecule has 5 heteroatoms. The molecular weight excluding hydrogens is 469 g/mol. The number of methoxy groups -OCH3 is 1. The summed E-state index contributed by atoms with van der Waals surface area (Å²) >= 11 is 3.59. The number of halogens is 2. The molecule has 4 aromatic carbocycles. The van der Waals surface area contributed by atoms with E-state index in [9.17, 15) is 9.18 Å². The smallest absolute Gasteiger partial charge is 0.337 e. The molecule has 3 nitrogen and oxygen atoms in total. The Kier molecular flexibility index (Phi) is 5.43. The van der Waals surface area contributed by atoms with E-state index in [1.54, 1.807) is 6.07 Å². The summed E-state index contributed by atoms with van der Waals surface area (Å²) in [6, 6.07) is 22.8. The minimum absolute atomic E-state index is 0.257. The summed E-state index contributed by atoms with van der Waals surface area (Å²) in [5.41, 5.74) is 5.99. The van der Waals surface area contributed by atoms with Crippen molar-refractivity contribution < 1.29 is 13.9 Å². The highest BCUT2D eigenvalue weighted by Gasteiger charge is 2.22. The van der Waals surface area contributed by atoms with Crippen LogP contribution in [0.3, 0.4) is 0 Å². The van der Waals surface area contributed by atoms with Gasteiger partial charge in [0.1, 0.15) is 5.82 Å². The van der Waals surface area contributed by atoms with Gasteiger partial charge < -0.3 is 9.64 Å². The topological polar surface area (TPSA) is 29.5 Å². The van der Waals surface area contributed by atoms with Crippen molar-refractivity contribution in [1.29, 1.82) is 0 Å². The molecule has 0 spiro atoms. The predicted octanol–water partition coefficient (Wildman–Crippen LogP) is 7.28. The molecule has 1 aliphatic rings. The number of hydrogen-bond donors (Lipinski definition) is 0. The lowest BCUT2D eigenvalue weighted by Gasteiger charge is -2.33. The van der Waals surface area contributed by atoms with Crippen LogP contribution in [0, 0.1) is 5.82 Å². The van der Waals surface area contributed by atoms with Crippen LogP contribution >= 0.6 is 15.9 Å². The first-order chi connectivity index (χ1) is 15.5. The van der Waals surface area contributed by atoms with Gasteiger partial charge in [0.15, 0.2) is 0 Å². The first kappa shape index (κ1) is 20.7. The molecule has 0 fully saturated rings. The summed E-state index contributed by atoms with van der Waals surface area (Å²) in [5.74, 6) is -0.615. The van der Waals surface area contributed by atoms with Crippen molar-refractivity contribution in [3.05, 3.63) is 94.2 Å². The van der Waals surface area contributed by atoms with Crippen molar-refractivity contribution in [2.24, 2.45) is 0 Å². The largest absolute Gasteiger partial charge is 0.465 e. The molecule has 1 aliphatic heterocycles. The number of carbonyl (C=O) groups is 1. The average Bonchev–Trinajstić information content (AvgIpc) is 2.82. The van der Waals surface area contributed by atoms with Gasteiger partial charge in [-0.25, -0.2) is 9.18 Å². The fraction of sp³-hybridized carbons (Fsp3) is 0.148. The van der Waals surface area contributed by atoms with Crippen molar-refractivity contribution in [2.45, 2.75) is 12.8 Å². The number of nitrogens with zero attached hydrogens (tertiary/aromatic N) is 1. The van der Waals surface area contributed by atoms with Crippen LogP contribution in [-0.2, 0) is 11.2 Å². The Hall–Kier alpha value is -3.18. The third kappa shape index (κ3) is 3.78. The summed E-state index contributed by atoms with van der Waals surface area (Å²) in [4.78, 5) is 14.4. The fourth-order valence-corrected chi connectivity index (χ4v) is 4.84. The standard InChI is InChI=1S/C27H21BrFNO2/c1-32-27(31)20-5-4-18-15-24(17-6-9-23(29)10-7-17)26(16-21(18)13-20)30-12-2-3-19-14-22(28)8-11-25(19)30/h4-11,13-16H,2-3,12H2,1H3. The highest BCUT2D eigenvalue weighted by atomic mass is 79.9. The minimum atomic E-state index is -0.357. The first-order valence-corrected chi connectivity index (χ1v) is 11.3. The molecule has 32 heavy (non-hydrogen) atoms. The monoisotopic (exact) mass is 489 g/mol. The molecule has 0 saturated carbocycles. The lowest BCUT2D eigenvalue weighted by Crippen LogP contribution is -2.25. The normalized spacial score (nSPS) is 13.2. The van der Waals surface area contributed by atoms with E-state index in [2.05, 4.69) is 51.2 Å². The molecule has 0 bridgehead atoms.